The van der Waals surface area contributed by atoms with Gasteiger partial charge < -0.3 is 10.6 Å². The Morgan fingerprint density at radius 3 is 2.62 bits per heavy atom. The third kappa shape index (κ3) is 6.27. The fourth-order valence-corrected chi connectivity index (χ4v) is 2.24. The molecule has 2 N–H and O–H groups in total. The Labute approximate surface area is 135 Å². The first kappa shape index (κ1) is 17.7. The van der Waals surface area contributed by atoms with E-state index in [4.69, 9.17) is 23.8 Å². The van der Waals surface area contributed by atoms with Gasteiger partial charge in [-0.3, -0.25) is 10.1 Å². The normalized spacial score (nSPS) is 12.0. The molecule has 5 nitrogen and oxygen atoms in total. The average molecular weight is 330 g/mol. The number of hydrogen-bond acceptors (Lipinski definition) is 3. The van der Waals surface area contributed by atoms with E-state index in [-0.39, 0.29) is 11.7 Å². The van der Waals surface area contributed by atoms with Crippen molar-refractivity contribution in [3.63, 3.8) is 0 Å². The first-order valence-electron chi connectivity index (χ1n) is 6.81. The average Bonchev–Trinajstić information content (AvgIpc) is 2.38. The molecular formula is C14H20ClN3O2S. The Bertz CT molecular complexity index is 523. The Morgan fingerprint density at radius 2 is 2.05 bits per heavy atom. The Balaban J connectivity index is 2.62. The van der Waals surface area contributed by atoms with Crippen molar-refractivity contribution in [1.29, 1.82) is 0 Å². The number of thiocarbonyl (C=S) groups is 1. The zero-order valence-electron chi connectivity index (χ0n) is 12.4. The van der Waals surface area contributed by atoms with Gasteiger partial charge in [0.15, 0.2) is 5.11 Å². The molecule has 1 aromatic carbocycles. The summed E-state index contributed by atoms with van der Waals surface area (Å²) in [5.74, 6) is 0.641. The van der Waals surface area contributed by atoms with Crippen molar-refractivity contribution >= 4 is 40.3 Å². The van der Waals surface area contributed by atoms with Crippen LogP contribution in [0.15, 0.2) is 18.2 Å². The Kier molecular flexibility index (Phi) is 6.84. The molecule has 1 rings (SSSR count). The third-order valence-electron chi connectivity index (χ3n) is 2.96. The fourth-order valence-electron chi connectivity index (χ4n) is 1.76. The molecule has 21 heavy (non-hydrogen) atoms. The lowest BCUT2D eigenvalue weighted by atomic mass is 10.0. The number of non-ortho nitro benzene ring substituents is 1. The number of nitrogens with zero attached hydrogens (tertiary/aromatic N) is 1. The van der Waals surface area contributed by atoms with Gasteiger partial charge in [0.25, 0.3) is 5.69 Å². The monoisotopic (exact) mass is 329 g/mol. The summed E-state index contributed by atoms with van der Waals surface area (Å²) >= 11 is 11.2. The second-order valence-electron chi connectivity index (χ2n) is 5.39. The van der Waals surface area contributed by atoms with Gasteiger partial charge in [-0.05, 0) is 44.0 Å². The molecule has 1 atom stereocenters. The van der Waals surface area contributed by atoms with Gasteiger partial charge >= 0.3 is 0 Å². The summed E-state index contributed by atoms with van der Waals surface area (Å²) in [5, 5.41) is 17.6. The van der Waals surface area contributed by atoms with Crippen LogP contribution < -0.4 is 10.6 Å². The van der Waals surface area contributed by atoms with E-state index in [9.17, 15) is 10.1 Å². The lowest BCUT2D eigenvalue weighted by Gasteiger charge is -2.18. The van der Waals surface area contributed by atoms with Crippen molar-refractivity contribution in [1.82, 2.24) is 5.32 Å². The highest BCUT2D eigenvalue weighted by Gasteiger charge is 2.12. The molecule has 0 saturated carbocycles. The molecule has 0 aliphatic rings. The van der Waals surface area contributed by atoms with Crippen LogP contribution in [0.1, 0.15) is 33.6 Å². The van der Waals surface area contributed by atoms with Crippen molar-refractivity contribution < 1.29 is 4.92 Å². The minimum atomic E-state index is -0.469. The van der Waals surface area contributed by atoms with Crippen LogP contribution in [0.5, 0.6) is 0 Å². The maximum Gasteiger partial charge on any atom is 0.271 e. The van der Waals surface area contributed by atoms with Crippen LogP contribution in [0.2, 0.25) is 5.02 Å². The number of hydrogen-bond donors (Lipinski definition) is 2. The van der Waals surface area contributed by atoms with Crippen molar-refractivity contribution in [3.05, 3.63) is 33.3 Å². The summed E-state index contributed by atoms with van der Waals surface area (Å²) in [5.41, 5.74) is 0.400. The number of benzene rings is 1. The van der Waals surface area contributed by atoms with E-state index in [2.05, 4.69) is 24.5 Å². The molecule has 0 radical (unpaired) electrons. The zero-order valence-corrected chi connectivity index (χ0v) is 13.9. The van der Waals surface area contributed by atoms with Gasteiger partial charge in [0.05, 0.1) is 15.6 Å². The molecule has 0 aliphatic heterocycles. The highest BCUT2D eigenvalue weighted by molar-refractivity contribution is 7.80. The summed E-state index contributed by atoms with van der Waals surface area (Å²) < 4.78 is 0. The topological polar surface area (TPSA) is 67.2 Å². The van der Waals surface area contributed by atoms with Crippen molar-refractivity contribution in [2.75, 3.05) is 5.32 Å². The summed E-state index contributed by atoms with van der Waals surface area (Å²) in [4.78, 5) is 10.3. The van der Waals surface area contributed by atoms with Crippen molar-refractivity contribution in [2.24, 2.45) is 5.92 Å². The molecule has 0 amide bonds. The van der Waals surface area contributed by atoms with Crippen LogP contribution in [0.4, 0.5) is 11.4 Å². The minimum absolute atomic E-state index is 0.0300. The largest absolute Gasteiger partial charge is 0.360 e. The number of anilines is 1. The highest BCUT2D eigenvalue weighted by Crippen LogP contribution is 2.26. The van der Waals surface area contributed by atoms with Gasteiger partial charge in [-0.2, -0.15) is 0 Å². The summed E-state index contributed by atoms with van der Waals surface area (Å²) in [6, 6.07) is 4.43. The van der Waals surface area contributed by atoms with Gasteiger partial charge in [-0.1, -0.05) is 25.4 Å². The molecule has 7 heteroatoms. The minimum Gasteiger partial charge on any atom is -0.360 e. The van der Waals surface area contributed by atoms with E-state index < -0.39 is 4.92 Å². The van der Waals surface area contributed by atoms with Gasteiger partial charge in [0, 0.05) is 18.2 Å². The van der Waals surface area contributed by atoms with Gasteiger partial charge in [-0.15, -0.1) is 0 Å². The van der Waals surface area contributed by atoms with Crippen molar-refractivity contribution in [3.8, 4) is 0 Å². The maximum absolute atomic E-state index is 10.8. The third-order valence-corrected chi connectivity index (χ3v) is 3.51. The summed E-state index contributed by atoms with van der Waals surface area (Å²) in [7, 11) is 0. The molecular weight excluding hydrogens is 310 g/mol. The quantitative estimate of drug-likeness (QED) is 0.461. The molecule has 1 aromatic rings. The standard InChI is InChI=1S/C14H20ClN3O2S/c1-9(2)4-5-10(3)16-14(21)17-13-8-11(18(19)20)6-7-12(13)15/h6-10H,4-5H2,1-3H3,(H2,16,17,21)/t10-/m0/s1. The lowest BCUT2D eigenvalue weighted by Crippen LogP contribution is -2.36. The molecule has 0 fully saturated rings. The molecule has 0 bridgehead atoms. The van der Waals surface area contributed by atoms with E-state index in [0.29, 0.717) is 21.7 Å². The molecule has 0 aliphatic carbocycles. The molecule has 0 spiro atoms. The Morgan fingerprint density at radius 1 is 1.38 bits per heavy atom. The molecule has 0 saturated heterocycles. The first-order valence-corrected chi connectivity index (χ1v) is 7.59. The zero-order chi connectivity index (χ0) is 16.0. The predicted molar refractivity (Wildman–Crippen MR) is 91.0 cm³/mol. The van der Waals surface area contributed by atoms with E-state index in [1.165, 1.54) is 18.2 Å². The molecule has 0 unspecified atom stereocenters. The predicted octanol–water partition coefficient (Wildman–Crippen LogP) is 4.36. The number of halogens is 1. The maximum atomic E-state index is 10.8. The molecule has 116 valence electrons. The van der Waals surface area contributed by atoms with Crippen molar-refractivity contribution in [2.45, 2.75) is 39.7 Å². The second kappa shape index (κ2) is 8.14. The highest BCUT2D eigenvalue weighted by atomic mass is 35.5. The van der Waals surface area contributed by atoms with Gasteiger partial charge in [0.1, 0.15) is 0 Å². The Hall–Kier alpha value is -1.40. The number of nitro benzene ring substituents is 1. The smallest absolute Gasteiger partial charge is 0.271 e. The van der Waals surface area contributed by atoms with E-state index >= 15 is 0 Å². The lowest BCUT2D eigenvalue weighted by molar-refractivity contribution is -0.384. The van der Waals surface area contributed by atoms with Gasteiger partial charge in [-0.25, -0.2) is 0 Å². The first-order chi connectivity index (χ1) is 9.79. The molecule has 0 aromatic heterocycles. The number of rotatable bonds is 6. The van der Waals surface area contributed by atoms with E-state index in [1.807, 2.05) is 6.92 Å². The van der Waals surface area contributed by atoms with Crippen LogP contribution in [-0.2, 0) is 0 Å². The van der Waals surface area contributed by atoms with Crippen LogP contribution in [-0.4, -0.2) is 16.1 Å². The SMILES string of the molecule is CC(C)CC[C@H](C)NC(=S)Nc1cc([N+](=O)[O-])ccc1Cl. The molecule has 0 heterocycles. The van der Waals surface area contributed by atoms with E-state index in [1.54, 1.807) is 0 Å². The summed E-state index contributed by atoms with van der Waals surface area (Å²) in [6.45, 7) is 6.39. The van der Waals surface area contributed by atoms with Gasteiger partial charge in [0.2, 0.25) is 0 Å². The van der Waals surface area contributed by atoms with Crippen LogP contribution in [0.3, 0.4) is 0 Å². The number of nitrogens with one attached hydrogen (secondary N) is 2. The second-order valence-corrected chi connectivity index (χ2v) is 6.21. The fraction of sp³-hybridized carbons (Fsp3) is 0.500. The van der Waals surface area contributed by atoms with Crippen LogP contribution >= 0.6 is 23.8 Å². The summed E-state index contributed by atoms with van der Waals surface area (Å²) in [6.07, 6.45) is 2.11. The van der Waals surface area contributed by atoms with Crippen LogP contribution in [0.25, 0.3) is 0 Å². The number of nitro groups is 1. The van der Waals surface area contributed by atoms with E-state index in [0.717, 1.165) is 12.8 Å². The van der Waals surface area contributed by atoms with Crippen LogP contribution in [0, 0.1) is 16.0 Å².